The van der Waals surface area contributed by atoms with Crippen LogP contribution in [0.5, 0.6) is 0 Å². The topological polar surface area (TPSA) is 78.5 Å². The van der Waals surface area contributed by atoms with Crippen molar-refractivity contribution in [1.29, 1.82) is 0 Å². The van der Waals surface area contributed by atoms with E-state index in [1.807, 2.05) is 11.9 Å². The number of hydrogen-bond acceptors (Lipinski definition) is 5. The first-order chi connectivity index (χ1) is 11.5. The summed E-state index contributed by atoms with van der Waals surface area (Å²) in [5, 5.41) is 0. The summed E-state index contributed by atoms with van der Waals surface area (Å²) in [6.45, 7) is 3.70. The van der Waals surface area contributed by atoms with Gasteiger partial charge in [-0.15, -0.1) is 0 Å². The number of morpholine rings is 1. The van der Waals surface area contributed by atoms with Crippen LogP contribution in [0.3, 0.4) is 0 Å². The molecule has 2 fully saturated rings. The second-order valence-electron chi connectivity index (χ2n) is 6.81. The molecule has 24 heavy (non-hydrogen) atoms. The minimum absolute atomic E-state index is 0.124. The van der Waals surface area contributed by atoms with Gasteiger partial charge in [0.25, 0.3) is 5.56 Å². The zero-order valence-corrected chi connectivity index (χ0v) is 14.5. The highest BCUT2D eigenvalue weighted by molar-refractivity contribution is 5.78. The van der Waals surface area contributed by atoms with Crippen molar-refractivity contribution in [1.82, 2.24) is 19.8 Å². The van der Waals surface area contributed by atoms with Gasteiger partial charge in [-0.05, 0) is 26.8 Å². The van der Waals surface area contributed by atoms with Crippen molar-refractivity contribution in [3.8, 4) is 0 Å². The summed E-state index contributed by atoms with van der Waals surface area (Å²) >= 11 is 0. The van der Waals surface area contributed by atoms with Gasteiger partial charge in [-0.3, -0.25) is 14.5 Å². The molecule has 0 bridgehead atoms. The quantitative estimate of drug-likeness (QED) is 0.883. The van der Waals surface area contributed by atoms with Crippen molar-refractivity contribution < 1.29 is 9.53 Å². The van der Waals surface area contributed by atoms with Gasteiger partial charge in [-0.25, -0.2) is 4.98 Å². The van der Waals surface area contributed by atoms with Crippen LogP contribution in [0.4, 0.5) is 0 Å². The van der Waals surface area contributed by atoms with E-state index in [9.17, 15) is 9.59 Å². The first-order valence-corrected chi connectivity index (χ1v) is 8.70. The number of ether oxygens (including phenoxy) is 1. The number of carbonyl (C=O) groups is 1. The Morgan fingerprint density at radius 1 is 1.46 bits per heavy atom. The van der Waals surface area contributed by atoms with E-state index < -0.39 is 0 Å². The molecule has 0 spiro atoms. The number of nitrogens with zero attached hydrogens (tertiary/aromatic N) is 3. The highest BCUT2D eigenvalue weighted by Gasteiger charge is 2.29. The molecule has 0 radical (unpaired) electrons. The maximum absolute atomic E-state index is 12.6. The number of aryl methyl sites for hydroxylation is 1. The van der Waals surface area contributed by atoms with Gasteiger partial charge in [0, 0.05) is 18.7 Å². The highest BCUT2D eigenvalue weighted by atomic mass is 16.5. The summed E-state index contributed by atoms with van der Waals surface area (Å²) in [5.74, 6) is 0.685. The van der Waals surface area contributed by atoms with Crippen LogP contribution in [0.25, 0.3) is 0 Å². The molecule has 132 valence electrons. The Kier molecular flexibility index (Phi) is 5.30. The highest BCUT2D eigenvalue weighted by Crippen LogP contribution is 2.23. The number of hydrogen-bond donors (Lipinski definition) is 1. The van der Waals surface area contributed by atoms with Gasteiger partial charge in [-0.2, -0.15) is 0 Å². The molecular weight excluding hydrogens is 308 g/mol. The number of likely N-dealkylation sites (N-methyl/N-ethyl adjacent to an activating group) is 1. The van der Waals surface area contributed by atoms with Crippen LogP contribution >= 0.6 is 0 Å². The third-order valence-electron chi connectivity index (χ3n) is 4.96. The van der Waals surface area contributed by atoms with Crippen molar-refractivity contribution in [3.63, 3.8) is 0 Å². The Morgan fingerprint density at radius 3 is 2.92 bits per heavy atom. The van der Waals surface area contributed by atoms with E-state index in [-0.39, 0.29) is 17.6 Å². The van der Waals surface area contributed by atoms with E-state index in [1.54, 1.807) is 6.92 Å². The SMILES string of the molecule is Cc1nc([C@@H]2CN(C(=O)CN(C)C3CCCC3)CCO2)cc(=O)[nH]1. The summed E-state index contributed by atoms with van der Waals surface area (Å²) in [4.78, 5) is 35.2. The van der Waals surface area contributed by atoms with Crippen LogP contribution in [-0.2, 0) is 9.53 Å². The third kappa shape index (κ3) is 4.02. The van der Waals surface area contributed by atoms with Crippen molar-refractivity contribution >= 4 is 5.91 Å². The van der Waals surface area contributed by atoms with Crippen LogP contribution in [-0.4, -0.2) is 65.0 Å². The van der Waals surface area contributed by atoms with Gasteiger partial charge < -0.3 is 14.6 Å². The zero-order valence-electron chi connectivity index (χ0n) is 14.5. The molecule has 1 aromatic rings. The lowest BCUT2D eigenvalue weighted by molar-refractivity contribution is -0.140. The van der Waals surface area contributed by atoms with Gasteiger partial charge in [0.15, 0.2) is 0 Å². The molecule has 0 aromatic carbocycles. The minimum Gasteiger partial charge on any atom is -0.368 e. The zero-order chi connectivity index (χ0) is 17.1. The fourth-order valence-electron chi connectivity index (χ4n) is 3.61. The first kappa shape index (κ1) is 17.1. The van der Waals surface area contributed by atoms with Crippen LogP contribution in [0.2, 0.25) is 0 Å². The van der Waals surface area contributed by atoms with Gasteiger partial charge in [0.1, 0.15) is 11.9 Å². The van der Waals surface area contributed by atoms with Gasteiger partial charge >= 0.3 is 0 Å². The smallest absolute Gasteiger partial charge is 0.251 e. The molecule has 1 saturated heterocycles. The molecule has 1 aliphatic carbocycles. The predicted molar refractivity (Wildman–Crippen MR) is 89.8 cm³/mol. The lowest BCUT2D eigenvalue weighted by atomic mass is 10.2. The number of rotatable bonds is 4. The molecule has 7 nitrogen and oxygen atoms in total. The largest absolute Gasteiger partial charge is 0.368 e. The Morgan fingerprint density at radius 2 is 2.21 bits per heavy atom. The molecule has 2 aliphatic rings. The summed E-state index contributed by atoms with van der Waals surface area (Å²) in [5.41, 5.74) is 0.406. The third-order valence-corrected chi connectivity index (χ3v) is 4.96. The average molecular weight is 334 g/mol. The van der Waals surface area contributed by atoms with E-state index >= 15 is 0 Å². The van der Waals surface area contributed by atoms with Crippen LogP contribution in [0, 0.1) is 6.92 Å². The fourth-order valence-corrected chi connectivity index (χ4v) is 3.61. The molecule has 2 heterocycles. The normalized spacial score (nSPS) is 22.3. The molecule has 0 unspecified atom stereocenters. The van der Waals surface area contributed by atoms with Crippen LogP contribution in [0.1, 0.15) is 43.3 Å². The van der Waals surface area contributed by atoms with E-state index in [0.717, 1.165) is 0 Å². The number of nitrogens with one attached hydrogen (secondary N) is 1. The van der Waals surface area contributed by atoms with E-state index in [0.29, 0.717) is 43.8 Å². The summed E-state index contributed by atoms with van der Waals surface area (Å²) in [7, 11) is 2.04. The van der Waals surface area contributed by atoms with Crippen LogP contribution < -0.4 is 5.56 Å². The summed E-state index contributed by atoms with van der Waals surface area (Å²) in [6, 6.07) is 1.99. The fraction of sp³-hybridized carbons (Fsp3) is 0.706. The molecule has 3 rings (SSSR count). The second-order valence-corrected chi connectivity index (χ2v) is 6.81. The van der Waals surface area contributed by atoms with Gasteiger partial charge in [-0.1, -0.05) is 12.8 Å². The Bertz CT molecular complexity index is 639. The average Bonchev–Trinajstić information content (AvgIpc) is 3.08. The Balaban J connectivity index is 1.62. The molecule has 1 amide bonds. The maximum atomic E-state index is 12.6. The predicted octanol–water partition coefficient (Wildman–Crippen LogP) is 0.853. The van der Waals surface area contributed by atoms with Gasteiger partial charge in [0.05, 0.1) is 25.4 Å². The summed E-state index contributed by atoms with van der Waals surface area (Å²) in [6.07, 6.45) is 4.56. The second kappa shape index (κ2) is 7.44. The number of H-pyrrole nitrogens is 1. The maximum Gasteiger partial charge on any atom is 0.251 e. The van der Waals surface area contributed by atoms with E-state index in [2.05, 4.69) is 14.9 Å². The number of aromatic amines is 1. The monoisotopic (exact) mass is 334 g/mol. The van der Waals surface area contributed by atoms with E-state index in [4.69, 9.17) is 4.74 Å². The molecule has 1 aliphatic heterocycles. The van der Waals surface area contributed by atoms with E-state index in [1.165, 1.54) is 31.7 Å². The lowest BCUT2D eigenvalue weighted by Crippen LogP contribution is -2.47. The molecule has 1 aromatic heterocycles. The first-order valence-electron chi connectivity index (χ1n) is 8.70. The van der Waals surface area contributed by atoms with Crippen LogP contribution in [0.15, 0.2) is 10.9 Å². The Labute approximate surface area is 142 Å². The molecule has 1 saturated carbocycles. The van der Waals surface area contributed by atoms with Gasteiger partial charge in [0.2, 0.25) is 5.91 Å². The molecule has 7 heteroatoms. The standard InChI is InChI=1S/C17H26N4O3/c1-12-18-14(9-16(22)19-12)15-10-21(7-8-24-15)17(23)11-20(2)13-5-3-4-6-13/h9,13,15H,3-8,10-11H2,1-2H3,(H,18,19,22)/t15-/m0/s1. The number of aromatic nitrogens is 2. The van der Waals surface area contributed by atoms with Crippen molar-refractivity contribution in [2.24, 2.45) is 0 Å². The molecule has 1 N–H and O–H groups in total. The lowest BCUT2D eigenvalue weighted by Gasteiger charge is -2.34. The summed E-state index contributed by atoms with van der Waals surface area (Å²) < 4.78 is 5.74. The molecular formula is C17H26N4O3. The molecule has 1 atom stereocenters. The number of amides is 1. The Hall–Kier alpha value is -1.73. The number of carbonyl (C=O) groups excluding carboxylic acids is 1. The van der Waals surface area contributed by atoms with Crippen molar-refractivity contribution in [3.05, 3.63) is 27.9 Å². The minimum atomic E-state index is -0.333. The van der Waals surface area contributed by atoms with Crippen molar-refractivity contribution in [2.75, 3.05) is 33.3 Å². The van der Waals surface area contributed by atoms with Crippen molar-refractivity contribution in [2.45, 2.75) is 44.8 Å².